The molecule has 0 heterocycles. The smallest absolute Gasteiger partial charge is 0.129 e. The first-order chi connectivity index (χ1) is 11.7. The molecule has 0 saturated heterocycles. The molecule has 0 aliphatic heterocycles. The third kappa shape index (κ3) is 4.57. The van der Waals surface area contributed by atoms with Gasteiger partial charge in [0.2, 0.25) is 0 Å². The number of para-hydroxylation sites is 1. The molecule has 1 aliphatic rings. The summed E-state index contributed by atoms with van der Waals surface area (Å²) in [7, 11) is 0. The lowest BCUT2D eigenvalue weighted by Crippen LogP contribution is -2.35. The molecule has 0 amide bonds. The Morgan fingerprint density at radius 1 is 1.04 bits per heavy atom. The maximum atomic E-state index is 6.05. The fourth-order valence-corrected chi connectivity index (χ4v) is 3.47. The maximum absolute atomic E-state index is 6.05. The van der Waals surface area contributed by atoms with Crippen LogP contribution in [0.1, 0.15) is 48.8 Å². The predicted octanol–water partition coefficient (Wildman–Crippen LogP) is 5.17. The molecule has 0 unspecified atom stereocenters. The third-order valence-corrected chi connectivity index (χ3v) is 4.92. The second kappa shape index (κ2) is 8.29. The normalized spacial score (nSPS) is 15.0. The van der Waals surface area contributed by atoms with Crippen molar-refractivity contribution in [3.05, 3.63) is 65.2 Å². The summed E-state index contributed by atoms with van der Waals surface area (Å²) in [6, 6.07) is 17.0. The van der Waals surface area contributed by atoms with Gasteiger partial charge >= 0.3 is 0 Å². The molecule has 3 heteroatoms. The van der Waals surface area contributed by atoms with Crippen molar-refractivity contribution >= 4 is 17.2 Å². The molecule has 1 N–H and O–H groups in total. The van der Waals surface area contributed by atoms with Crippen LogP contribution < -0.4 is 10.1 Å². The molecule has 1 aliphatic carbocycles. The van der Waals surface area contributed by atoms with Gasteiger partial charge in [-0.25, -0.2) is 0 Å². The van der Waals surface area contributed by atoms with Gasteiger partial charge in [0.25, 0.3) is 0 Å². The molecule has 0 spiro atoms. The molecule has 0 aromatic heterocycles. The van der Waals surface area contributed by atoms with Crippen molar-refractivity contribution in [1.29, 1.82) is 0 Å². The minimum absolute atomic E-state index is 0.511. The average molecular weight is 340 g/mol. The van der Waals surface area contributed by atoms with Gasteiger partial charge in [0.15, 0.2) is 0 Å². The molecule has 24 heavy (non-hydrogen) atoms. The van der Waals surface area contributed by atoms with Crippen molar-refractivity contribution in [1.82, 2.24) is 5.32 Å². The van der Waals surface area contributed by atoms with E-state index < -0.39 is 0 Å². The molecule has 0 bridgehead atoms. The third-order valence-electron chi connectivity index (χ3n) is 4.59. The van der Waals surface area contributed by atoms with Crippen LogP contribution in [0.4, 0.5) is 0 Å². The number of nitrogens with one attached hydrogen (secondary N) is 1. The Kier molecular flexibility index (Phi) is 5.86. The minimum atomic E-state index is 0.511. The highest BCUT2D eigenvalue weighted by Crippen LogP contribution is 2.22. The fourth-order valence-electron chi connectivity index (χ4n) is 3.14. The number of aryl methyl sites for hydroxylation is 1. The summed E-state index contributed by atoms with van der Waals surface area (Å²) < 4.78 is 6.05. The van der Waals surface area contributed by atoms with E-state index in [0.29, 0.717) is 12.6 Å². The number of ether oxygens (including phenoxy) is 1. The Hall–Kier alpha value is -1.87. The van der Waals surface area contributed by atoms with Gasteiger partial charge in [-0.05, 0) is 37.5 Å². The van der Waals surface area contributed by atoms with Crippen LogP contribution >= 0.6 is 12.2 Å². The fraction of sp³-hybridized carbons (Fsp3) is 0.381. The van der Waals surface area contributed by atoms with Gasteiger partial charge in [-0.3, -0.25) is 0 Å². The topological polar surface area (TPSA) is 21.3 Å². The van der Waals surface area contributed by atoms with Gasteiger partial charge < -0.3 is 10.1 Å². The maximum Gasteiger partial charge on any atom is 0.129 e. The molecule has 2 aromatic carbocycles. The zero-order valence-electron chi connectivity index (χ0n) is 14.3. The number of thiocarbonyl (C=S) groups is 1. The molecule has 0 radical (unpaired) electrons. The number of benzene rings is 2. The highest BCUT2D eigenvalue weighted by Gasteiger charge is 2.16. The molecular formula is C21H25NOS. The van der Waals surface area contributed by atoms with Crippen LogP contribution in [0.3, 0.4) is 0 Å². The molecule has 3 rings (SSSR count). The van der Waals surface area contributed by atoms with Crippen molar-refractivity contribution in [3.63, 3.8) is 0 Å². The zero-order chi connectivity index (χ0) is 16.8. The summed E-state index contributed by atoms with van der Waals surface area (Å²) in [5.74, 6) is 0.853. The lowest BCUT2D eigenvalue weighted by molar-refractivity contribution is 0.305. The van der Waals surface area contributed by atoms with E-state index in [1.54, 1.807) is 0 Å². The molecule has 2 nitrogen and oxygen atoms in total. The van der Waals surface area contributed by atoms with Gasteiger partial charge in [-0.1, -0.05) is 73.4 Å². The Morgan fingerprint density at radius 3 is 2.50 bits per heavy atom. The molecule has 0 atom stereocenters. The van der Waals surface area contributed by atoms with E-state index in [1.165, 1.54) is 43.2 Å². The van der Waals surface area contributed by atoms with Crippen molar-refractivity contribution in [2.75, 3.05) is 0 Å². The van der Waals surface area contributed by atoms with Gasteiger partial charge in [-0.2, -0.15) is 0 Å². The second-order valence-corrected chi connectivity index (χ2v) is 6.99. The summed E-state index contributed by atoms with van der Waals surface area (Å²) in [5.41, 5.74) is 3.42. The van der Waals surface area contributed by atoms with E-state index >= 15 is 0 Å². The number of rotatable bonds is 5. The van der Waals surface area contributed by atoms with Crippen molar-refractivity contribution in [2.24, 2.45) is 0 Å². The molecule has 2 aromatic rings. The first-order valence-corrected chi connectivity index (χ1v) is 9.21. The largest absolute Gasteiger partial charge is 0.488 e. The lowest BCUT2D eigenvalue weighted by atomic mass is 9.95. The van der Waals surface area contributed by atoms with E-state index in [4.69, 9.17) is 17.0 Å². The standard InChI is InChI=1S/C21H25NOS/c1-16-11-13-17(14-12-16)15-23-20-10-6-5-9-19(20)21(24)22-18-7-3-2-4-8-18/h5-6,9-14,18H,2-4,7-8,15H2,1H3,(H,22,24). The zero-order valence-corrected chi connectivity index (χ0v) is 15.1. The van der Waals surface area contributed by atoms with E-state index in [1.807, 2.05) is 24.3 Å². The summed E-state index contributed by atoms with van der Waals surface area (Å²) in [4.78, 5) is 0.807. The summed E-state index contributed by atoms with van der Waals surface area (Å²) in [6.45, 7) is 2.65. The average Bonchev–Trinajstić information content (AvgIpc) is 2.62. The van der Waals surface area contributed by atoms with Crippen molar-refractivity contribution in [3.8, 4) is 5.75 Å². The van der Waals surface area contributed by atoms with Crippen LogP contribution in [-0.2, 0) is 6.61 Å². The van der Waals surface area contributed by atoms with Gasteiger partial charge in [-0.15, -0.1) is 0 Å². The molecular weight excluding hydrogens is 314 g/mol. The van der Waals surface area contributed by atoms with E-state index in [0.717, 1.165) is 16.3 Å². The van der Waals surface area contributed by atoms with E-state index in [-0.39, 0.29) is 0 Å². The second-order valence-electron chi connectivity index (χ2n) is 6.58. The summed E-state index contributed by atoms with van der Waals surface area (Å²) >= 11 is 5.65. The van der Waals surface area contributed by atoms with Crippen LogP contribution in [0, 0.1) is 6.92 Å². The Balaban J connectivity index is 1.65. The van der Waals surface area contributed by atoms with Crippen molar-refractivity contribution < 1.29 is 4.74 Å². The Morgan fingerprint density at radius 2 is 1.75 bits per heavy atom. The number of hydrogen-bond acceptors (Lipinski definition) is 2. The first kappa shape index (κ1) is 17.0. The van der Waals surface area contributed by atoms with E-state index in [2.05, 4.69) is 36.5 Å². The van der Waals surface area contributed by atoms with Crippen LogP contribution in [0.2, 0.25) is 0 Å². The monoisotopic (exact) mass is 339 g/mol. The molecule has 126 valence electrons. The number of hydrogen-bond donors (Lipinski definition) is 1. The first-order valence-electron chi connectivity index (χ1n) is 8.80. The van der Waals surface area contributed by atoms with Crippen molar-refractivity contribution in [2.45, 2.75) is 51.7 Å². The van der Waals surface area contributed by atoms with Gasteiger partial charge in [0, 0.05) is 6.04 Å². The SMILES string of the molecule is Cc1ccc(COc2ccccc2C(=S)NC2CCCCC2)cc1. The molecule has 1 fully saturated rings. The predicted molar refractivity (Wildman–Crippen MR) is 104 cm³/mol. The van der Waals surface area contributed by atoms with Gasteiger partial charge in [0.05, 0.1) is 5.56 Å². The lowest BCUT2D eigenvalue weighted by Gasteiger charge is -2.24. The van der Waals surface area contributed by atoms with Crippen LogP contribution in [0.25, 0.3) is 0 Å². The van der Waals surface area contributed by atoms with Crippen LogP contribution in [-0.4, -0.2) is 11.0 Å². The Bertz CT molecular complexity index is 674. The molecule has 1 saturated carbocycles. The summed E-state index contributed by atoms with van der Waals surface area (Å²) in [5, 5.41) is 3.53. The van der Waals surface area contributed by atoms with Crippen LogP contribution in [0.5, 0.6) is 5.75 Å². The van der Waals surface area contributed by atoms with Gasteiger partial charge in [0.1, 0.15) is 17.3 Å². The quantitative estimate of drug-likeness (QED) is 0.759. The Labute approximate surface area is 150 Å². The van der Waals surface area contributed by atoms with Crippen LogP contribution in [0.15, 0.2) is 48.5 Å². The van der Waals surface area contributed by atoms with E-state index in [9.17, 15) is 0 Å². The highest BCUT2D eigenvalue weighted by atomic mass is 32.1. The highest BCUT2D eigenvalue weighted by molar-refractivity contribution is 7.80. The minimum Gasteiger partial charge on any atom is -0.488 e. The summed E-state index contributed by atoms with van der Waals surface area (Å²) in [6.07, 6.45) is 6.37.